The topological polar surface area (TPSA) is 47.3 Å². The van der Waals surface area contributed by atoms with Crippen molar-refractivity contribution in [2.45, 2.75) is 44.2 Å². The quantitative estimate of drug-likeness (QED) is 0.623. The zero-order valence-electron chi connectivity index (χ0n) is 10.9. The van der Waals surface area contributed by atoms with Gasteiger partial charge in [0, 0.05) is 17.7 Å². The van der Waals surface area contributed by atoms with Gasteiger partial charge in [-0.3, -0.25) is 11.3 Å². The van der Waals surface area contributed by atoms with Gasteiger partial charge in [0.1, 0.15) is 5.82 Å². The second kappa shape index (κ2) is 7.20. The maximum absolute atomic E-state index is 13.0. The van der Waals surface area contributed by atoms with E-state index >= 15 is 0 Å². The van der Waals surface area contributed by atoms with Crippen molar-refractivity contribution in [3.63, 3.8) is 0 Å². The van der Waals surface area contributed by atoms with E-state index in [1.807, 2.05) is 0 Å². The van der Waals surface area contributed by atoms with Crippen LogP contribution in [0.15, 0.2) is 18.2 Å². The third kappa shape index (κ3) is 4.14. The van der Waals surface area contributed by atoms with Gasteiger partial charge in [0.2, 0.25) is 0 Å². The van der Waals surface area contributed by atoms with Crippen LogP contribution in [0.4, 0.5) is 4.39 Å². The van der Waals surface area contributed by atoms with Crippen LogP contribution in [0.5, 0.6) is 0 Å². The van der Waals surface area contributed by atoms with E-state index in [-0.39, 0.29) is 11.9 Å². The first-order chi connectivity index (χ1) is 9.20. The summed E-state index contributed by atoms with van der Waals surface area (Å²) in [6, 6.07) is 4.37. The first kappa shape index (κ1) is 14.7. The summed E-state index contributed by atoms with van der Waals surface area (Å²) in [6.45, 7) is 0.882. The molecular weight excluding hydrogens is 267 g/mol. The van der Waals surface area contributed by atoms with E-state index < -0.39 is 0 Å². The minimum atomic E-state index is -0.330. The van der Waals surface area contributed by atoms with Gasteiger partial charge < -0.3 is 4.74 Å². The summed E-state index contributed by atoms with van der Waals surface area (Å²) in [6.07, 6.45) is 5.61. The lowest BCUT2D eigenvalue weighted by Gasteiger charge is -2.18. The molecule has 1 aliphatic rings. The fourth-order valence-electron chi connectivity index (χ4n) is 2.53. The summed E-state index contributed by atoms with van der Waals surface area (Å²) in [5.41, 5.74) is 3.60. The fourth-order valence-corrected chi connectivity index (χ4v) is 2.83. The normalized spacial score (nSPS) is 20.7. The first-order valence-corrected chi connectivity index (χ1v) is 7.11. The molecule has 0 bridgehead atoms. The summed E-state index contributed by atoms with van der Waals surface area (Å²) in [4.78, 5) is 0. The van der Waals surface area contributed by atoms with Crippen LogP contribution in [0.25, 0.3) is 0 Å². The SMILES string of the molecule is NNC(CCCC1CCCO1)c1ccc(F)cc1Cl. The number of ether oxygens (including phenoxy) is 1. The van der Waals surface area contributed by atoms with Crippen LogP contribution in [-0.2, 0) is 4.74 Å². The number of halogens is 2. The van der Waals surface area contributed by atoms with Crippen molar-refractivity contribution in [2.24, 2.45) is 5.84 Å². The molecule has 1 aromatic rings. The molecule has 0 saturated carbocycles. The van der Waals surface area contributed by atoms with Gasteiger partial charge in [-0.1, -0.05) is 17.7 Å². The number of hydrogen-bond donors (Lipinski definition) is 2. The summed E-state index contributed by atoms with van der Waals surface area (Å²) < 4.78 is 18.6. The van der Waals surface area contributed by atoms with Gasteiger partial charge in [0.15, 0.2) is 0 Å². The molecule has 3 N–H and O–H groups in total. The number of hydrazine groups is 1. The van der Waals surface area contributed by atoms with Crippen molar-refractivity contribution in [3.8, 4) is 0 Å². The molecule has 1 heterocycles. The van der Waals surface area contributed by atoms with Gasteiger partial charge in [0.25, 0.3) is 0 Å². The number of hydrogen-bond acceptors (Lipinski definition) is 3. The molecule has 1 fully saturated rings. The molecule has 1 aromatic carbocycles. The average Bonchev–Trinajstić information content (AvgIpc) is 2.89. The smallest absolute Gasteiger partial charge is 0.124 e. The Morgan fingerprint density at radius 2 is 2.37 bits per heavy atom. The number of benzene rings is 1. The zero-order chi connectivity index (χ0) is 13.7. The predicted molar refractivity (Wildman–Crippen MR) is 74.3 cm³/mol. The monoisotopic (exact) mass is 286 g/mol. The standard InChI is InChI=1S/C14H20ClFN2O/c15-13-9-10(16)6-7-12(13)14(18-17)5-1-3-11-4-2-8-19-11/h6-7,9,11,14,18H,1-5,8,17H2. The molecule has 106 valence electrons. The van der Waals surface area contributed by atoms with Crippen molar-refractivity contribution < 1.29 is 9.13 Å². The Hall–Kier alpha value is -0.680. The van der Waals surface area contributed by atoms with Crippen LogP contribution in [-0.4, -0.2) is 12.7 Å². The second-order valence-electron chi connectivity index (χ2n) is 4.95. The number of rotatable bonds is 6. The van der Waals surface area contributed by atoms with Crippen LogP contribution in [0, 0.1) is 5.82 Å². The summed E-state index contributed by atoms with van der Waals surface area (Å²) >= 11 is 6.05. The largest absolute Gasteiger partial charge is 0.378 e. The molecule has 2 unspecified atom stereocenters. The molecule has 0 aromatic heterocycles. The molecule has 0 spiro atoms. The molecule has 0 aliphatic carbocycles. The van der Waals surface area contributed by atoms with E-state index in [9.17, 15) is 4.39 Å². The van der Waals surface area contributed by atoms with Gasteiger partial charge in [-0.25, -0.2) is 4.39 Å². The third-order valence-electron chi connectivity index (χ3n) is 3.58. The Morgan fingerprint density at radius 1 is 1.53 bits per heavy atom. The van der Waals surface area contributed by atoms with Gasteiger partial charge in [-0.05, 0) is 49.8 Å². The molecule has 3 nitrogen and oxygen atoms in total. The van der Waals surface area contributed by atoms with Gasteiger partial charge in [-0.2, -0.15) is 0 Å². The van der Waals surface area contributed by atoms with Crippen molar-refractivity contribution in [2.75, 3.05) is 6.61 Å². The highest BCUT2D eigenvalue weighted by Crippen LogP contribution is 2.28. The van der Waals surface area contributed by atoms with Crippen LogP contribution in [0.1, 0.15) is 43.7 Å². The lowest BCUT2D eigenvalue weighted by Crippen LogP contribution is -2.28. The van der Waals surface area contributed by atoms with E-state index in [0.29, 0.717) is 11.1 Å². The maximum atomic E-state index is 13.0. The Balaban J connectivity index is 1.88. The Labute approximate surface area is 118 Å². The van der Waals surface area contributed by atoms with E-state index in [1.54, 1.807) is 6.07 Å². The molecule has 19 heavy (non-hydrogen) atoms. The Bertz CT molecular complexity index is 410. The van der Waals surface area contributed by atoms with Crippen LogP contribution < -0.4 is 11.3 Å². The number of nitrogens with two attached hydrogens (primary N) is 1. The molecule has 0 radical (unpaired) electrons. The highest BCUT2D eigenvalue weighted by atomic mass is 35.5. The van der Waals surface area contributed by atoms with E-state index in [0.717, 1.165) is 44.3 Å². The van der Waals surface area contributed by atoms with E-state index in [2.05, 4.69) is 5.43 Å². The predicted octanol–water partition coefficient (Wildman–Crippen LogP) is 3.33. The highest BCUT2D eigenvalue weighted by Gasteiger charge is 2.17. The Morgan fingerprint density at radius 3 is 3.00 bits per heavy atom. The Kier molecular flexibility index (Phi) is 5.58. The maximum Gasteiger partial charge on any atom is 0.124 e. The van der Waals surface area contributed by atoms with Gasteiger partial charge >= 0.3 is 0 Å². The molecule has 2 atom stereocenters. The van der Waals surface area contributed by atoms with Gasteiger partial charge in [0.05, 0.1) is 6.10 Å². The third-order valence-corrected chi connectivity index (χ3v) is 3.91. The molecule has 0 amide bonds. The van der Waals surface area contributed by atoms with Crippen LogP contribution >= 0.6 is 11.6 Å². The molecule has 2 rings (SSSR count). The van der Waals surface area contributed by atoms with Crippen LogP contribution in [0.3, 0.4) is 0 Å². The molecular formula is C14H20ClFN2O. The molecule has 1 saturated heterocycles. The summed E-state index contributed by atoms with van der Waals surface area (Å²) in [7, 11) is 0. The first-order valence-electron chi connectivity index (χ1n) is 6.73. The lowest BCUT2D eigenvalue weighted by atomic mass is 9.99. The minimum Gasteiger partial charge on any atom is -0.378 e. The fraction of sp³-hybridized carbons (Fsp3) is 0.571. The molecule has 1 aliphatic heterocycles. The zero-order valence-corrected chi connectivity index (χ0v) is 11.6. The van der Waals surface area contributed by atoms with Crippen molar-refractivity contribution in [3.05, 3.63) is 34.6 Å². The van der Waals surface area contributed by atoms with Crippen molar-refractivity contribution in [1.82, 2.24) is 5.43 Å². The van der Waals surface area contributed by atoms with Crippen LogP contribution in [0.2, 0.25) is 5.02 Å². The summed E-state index contributed by atoms with van der Waals surface area (Å²) in [5.74, 6) is 5.24. The molecule has 5 heteroatoms. The summed E-state index contributed by atoms with van der Waals surface area (Å²) in [5, 5.41) is 0.417. The van der Waals surface area contributed by atoms with E-state index in [4.69, 9.17) is 22.2 Å². The van der Waals surface area contributed by atoms with E-state index in [1.165, 1.54) is 12.1 Å². The van der Waals surface area contributed by atoms with Crippen molar-refractivity contribution in [1.29, 1.82) is 0 Å². The highest BCUT2D eigenvalue weighted by molar-refractivity contribution is 6.31. The minimum absolute atomic E-state index is 0.0468. The van der Waals surface area contributed by atoms with Gasteiger partial charge in [-0.15, -0.1) is 0 Å². The average molecular weight is 287 g/mol. The lowest BCUT2D eigenvalue weighted by molar-refractivity contribution is 0.101. The van der Waals surface area contributed by atoms with Crippen molar-refractivity contribution >= 4 is 11.6 Å². The second-order valence-corrected chi connectivity index (χ2v) is 5.36. The number of nitrogens with one attached hydrogen (secondary N) is 1.